The van der Waals surface area contributed by atoms with Gasteiger partial charge in [0, 0.05) is 0 Å². The maximum atomic E-state index is 12.6. The number of hydrogen-bond acceptors (Lipinski definition) is 3. The third-order valence-electron chi connectivity index (χ3n) is 1.32. The maximum Gasteiger partial charge on any atom is 0.140 e. The lowest BCUT2D eigenvalue weighted by Crippen LogP contribution is -2.22. The van der Waals surface area contributed by atoms with Crippen LogP contribution in [0.4, 0.5) is 4.39 Å². The molecular formula is C8H3FNO2-. The van der Waals surface area contributed by atoms with Crippen molar-refractivity contribution in [3.63, 3.8) is 0 Å². The fourth-order valence-corrected chi connectivity index (χ4v) is 0.738. The lowest BCUT2D eigenvalue weighted by atomic mass is 10.1. The van der Waals surface area contributed by atoms with Gasteiger partial charge in [0.15, 0.2) is 0 Å². The van der Waals surface area contributed by atoms with Gasteiger partial charge in [0.1, 0.15) is 11.9 Å². The highest BCUT2D eigenvalue weighted by Crippen LogP contribution is 2.08. The van der Waals surface area contributed by atoms with Crippen LogP contribution in [0.1, 0.15) is 15.9 Å². The zero-order valence-corrected chi connectivity index (χ0v) is 5.87. The third-order valence-corrected chi connectivity index (χ3v) is 1.32. The summed E-state index contributed by atoms with van der Waals surface area (Å²) in [5.74, 6) is -2.16. The Morgan fingerprint density at radius 3 is 2.75 bits per heavy atom. The number of halogens is 1. The van der Waals surface area contributed by atoms with Crippen molar-refractivity contribution in [2.24, 2.45) is 0 Å². The summed E-state index contributed by atoms with van der Waals surface area (Å²) in [5, 5.41) is 18.6. The molecule has 0 aliphatic heterocycles. The predicted molar refractivity (Wildman–Crippen MR) is 35.4 cm³/mol. The molecule has 1 aromatic rings. The standard InChI is InChI=1S/C8H4FNO2/c9-7-2-1-5(8(11)12)3-6(7)4-10/h1-3H,(H,11,12)/p-1. The first-order chi connectivity index (χ1) is 5.65. The van der Waals surface area contributed by atoms with E-state index in [1.54, 1.807) is 0 Å². The summed E-state index contributed by atoms with van der Waals surface area (Å²) < 4.78 is 12.6. The zero-order valence-electron chi connectivity index (χ0n) is 5.87. The molecule has 0 atom stereocenters. The van der Waals surface area contributed by atoms with Gasteiger partial charge < -0.3 is 9.90 Å². The number of nitrogens with zero attached hydrogens (tertiary/aromatic N) is 1. The highest BCUT2D eigenvalue weighted by molar-refractivity contribution is 5.86. The molecule has 0 unspecified atom stereocenters. The Bertz CT molecular complexity index is 368. The summed E-state index contributed by atoms with van der Waals surface area (Å²) in [6.07, 6.45) is 0. The van der Waals surface area contributed by atoms with Gasteiger partial charge in [-0.05, 0) is 17.7 Å². The van der Waals surface area contributed by atoms with Crippen molar-refractivity contribution in [1.29, 1.82) is 5.26 Å². The van der Waals surface area contributed by atoms with E-state index in [2.05, 4.69) is 0 Å². The molecular weight excluding hydrogens is 161 g/mol. The minimum atomic E-state index is -1.42. The van der Waals surface area contributed by atoms with Crippen LogP contribution in [0.5, 0.6) is 0 Å². The molecule has 0 aliphatic carbocycles. The quantitative estimate of drug-likeness (QED) is 0.589. The Kier molecular flexibility index (Phi) is 2.06. The Balaban J connectivity index is 3.25. The van der Waals surface area contributed by atoms with Crippen molar-refractivity contribution in [3.05, 3.63) is 35.1 Å². The van der Waals surface area contributed by atoms with E-state index in [9.17, 15) is 14.3 Å². The van der Waals surface area contributed by atoms with Crippen LogP contribution in [0.15, 0.2) is 18.2 Å². The Morgan fingerprint density at radius 2 is 2.25 bits per heavy atom. The molecule has 0 fully saturated rings. The van der Waals surface area contributed by atoms with E-state index in [1.807, 2.05) is 0 Å². The molecule has 4 heteroatoms. The zero-order chi connectivity index (χ0) is 9.14. The number of carbonyl (C=O) groups is 1. The molecule has 1 rings (SSSR count). The number of nitriles is 1. The number of carboxylic acid groups (broad SMARTS) is 1. The molecule has 60 valence electrons. The molecule has 0 amide bonds. The molecule has 0 spiro atoms. The fourth-order valence-electron chi connectivity index (χ4n) is 0.738. The van der Waals surface area contributed by atoms with Crippen LogP contribution in [-0.4, -0.2) is 5.97 Å². The summed E-state index contributed by atoms with van der Waals surface area (Å²) in [4.78, 5) is 10.2. The van der Waals surface area contributed by atoms with Crippen molar-refractivity contribution in [2.45, 2.75) is 0 Å². The summed E-state index contributed by atoms with van der Waals surface area (Å²) in [6.45, 7) is 0. The molecule has 0 heterocycles. The monoisotopic (exact) mass is 164 g/mol. The minimum Gasteiger partial charge on any atom is -0.545 e. The van der Waals surface area contributed by atoms with E-state index in [-0.39, 0.29) is 11.1 Å². The molecule has 3 nitrogen and oxygen atoms in total. The van der Waals surface area contributed by atoms with Crippen molar-refractivity contribution >= 4 is 5.97 Å². The molecule has 0 aromatic heterocycles. The van der Waals surface area contributed by atoms with Gasteiger partial charge in [-0.25, -0.2) is 4.39 Å². The van der Waals surface area contributed by atoms with Crippen LogP contribution in [0.3, 0.4) is 0 Å². The van der Waals surface area contributed by atoms with Crippen LogP contribution in [0.25, 0.3) is 0 Å². The van der Waals surface area contributed by atoms with Crippen molar-refractivity contribution in [1.82, 2.24) is 0 Å². The Morgan fingerprint density at radius 1 is 1.58 bits per heavy atom. The first-order valence-corrected chi connectivity index (χ1v) is 3.06. The first-order valence-electron chi connectivity index (χ1n) is 3.06. The number of aromatic carboxylic acids is 1. The summed E-state index contributed by atoms with van der Waals surface area (Å²) in [7, 11) is 0. The normalized spacial score (nSPS) is 9.00. The van der Waals surface area contributed by atoms with Crippen LogP contribution < -0.4 is 5.11 Å². The second-order valence-electron chi connectivity index (χ2n) is 2.09. The Labute approximate surface area is 67.7 Å². The van der Waals surface area contributed by atoms with Crippen molar-refractivity contribution < 1.29 is 14.3 Å². The van der Waals surface area contributed by atoms with Crippen LogP contribution in [-0.2, 0) is 0 Å². The topological polar surface area (TPSA) is 63.9 Å². The van der Waals surface area contributed by atoms with Gasteiger partial charge in [0.25, 0.3) is 0 Å². The number of hydrogen-bond donors (Lipinski definition) is 0. The van der Waals surface area contributed by atoms with E-state index in [4.69, 9.17) is 5.26 Å². The summed E-state index contributed by atoms with van der Waals surface area (Å²) in [6, 6.07) is 4.43. The lowest BCUT2D eigenvalue weighted by molar-refractivity contribution is -0.255. The Hall–Kier alpha value is -1.89. The van der Waals surface area contributed by atoms with Gasteiger partial charge in [-0.3, -0.25) is 0 Å². The first kappa shape index (κ1) is 8.21. The largest absolute Gasteiger partial charge is 0.545 e. The molecule has 0 saturated carbocycles. The average Bonchev–Trinajstić information content (AvgIpc) is 2.05. The highest BCUT2D eigenvalue weighted by Gasteiger charge is 2.02. The van der Waals surface area contributed by atoms with Crippen LogP contribution in [0, 0.1) is 17.1 Å². The van der Waals surface area contributed by atoms with Gasteiger partial charge in [-0.1, -0.05) is 6.07 Å². The van der Waals surface area contributed by atoms with E-state index in [0.717, 1.165) is 18.2 Å². The number of rotatable bonds is 1. The van der Waals surface area contributed by atoms with Gasteiger partial charge in [-0.15, -0.1) is 0 Å². The highest BCUT2D eigenvalue weighted by atomic mass is 19.1. The smallest absolute Gasteiger partial charge is 0.140 e. The molecule has 0 aliphatic rings. The third kappa shape index (κ3) is 1.40. The van der Waals surface area contributed by atoms with E-state index < -0.39 is 11.8 Å². The second-order valence-corrected chi connectivity index (χ2v) is 2.09. The van der Waals surface area contributed by atoms with Gasteiger partial charge >= 0.3 is 0 Å². The number of carboxylic acids is 1. The predicted octanol–water partition coefficient (Wildman–Crippen LogP) is 0.0609. The average molecular weight is 164 g/mol. The van der Waals surface area contributed by atoms with E-state index >= 15 is 0 Å². The van der Waals surface area contributed by atoms with E-state index in [0.29, 0.717) is 0 Å². The minimum absolute atomic E-state index is 0.201. The second kappa shape index (κ2) is 3.01. The maximum absolute atomic E-state index is 12.6. The fraction of sp³-hybridized carbons (Fsp3) is 0. The lowest BCUT2D eigenvalue weighted by Gasteiger charge is -2.01. The van der Waals surface area contributed by atoms with Crippen LogP contribution >= 0.6 is 0 Å². The molecule has 12 heavy (non-hydrogen) atoms. The number of carbonyl (C=O) groups excluding carboxylic acids is 1. The van der Waals surface area contributed by atoms with Gasteiger partial charge in [0.05, 0.1) is 11.5 Å². The molecule has 0 saturated heterocycles. The molecule has 0 N–H and O–H groups in total. The molecule has 0 radical (unpaired) electrons. The van der Waals surface area contributed by atoms with E-state index in [1.165, 1.54) is 6.07 Å². The molecule has 1 aromatic carbocycles. The number of benzene rings is 1. The SMILES string of the molecule is N#Cc1cc(C(=O)[O-])ccc1F. The summed E-state index contributed by atoms with van der Waals surface area (Å²) in [5.41, 5.74) is -0.496. The summed E-state index contributed by atoms with van der Waals surface area (Å²) >= 11 is 0. The van der Waals surface area contributed by atoms with Crippen molar-refractivity contribution in [2.75, 3.05) is 0 Å². The van der Waals surface area contributed by atoms with Gasteiger partial charge in [0.2, 0.25) is 0 Å². The molecule has 0 bridgehead atoms. The van der Waals surface area contributed by atoms with Crippen LogP contribution in [0.2, 0.25) is 0 Å². The van der Waals surface area contributed by atoms with Crippen molar-refractivity contribution in [3.8, 4) is 6.07 Å². The van der Waals surface area contributed by atoms with Gasteiger partial charge in [-0.2, -0.15) is 5.26 Å².